The normalized spacial score (nSPS) is 20.9. The predicted molar refractivity (Wildman–Crippen MR) is 109 cm³/mol. The molecular weight excluding hydrogens is 416 g/mol. The molecule has 29 heavy (non-hydrogen) atoms. The van der Waals surface area contributed by atoms with Gasteiger partial charge in [-0.1, -0.05) is 18.2 Å². The summed E-state index contributed by atoms with van der Waals surface area (Å²) in [7, 11) is -4.01. The molecular formula is C18H28N4O5S2. The molecule has 0 unspecified atom stereocenters. The Morgan fingerprint density at radius 3 is 1.93 bits per heavy atom. The van der Waals surface area contributed by atoms with Gasteiger partial charge in [0.2, 0.25) is 15.9 Å². The Hall–Kier alpha value is -1.53. The average Bonchev–Trinajstić information content (AvgIpc) is 2.74. The van der Waals surface area contributed by atoms with Crippen LogP contribution in [-0.4, -0.2) is 93.9 Å². The second-order valence-electron chi connectivity index (χ2n) is 7.51. The van der Waals surface area contributed by atoms with Crippen molar-refractivity contribution >= 4 is 26.1 Å². The first kappa shape index (κ1) is 22.2. The lowest BCUT2D eigenvalue weighted by Gasteiger charge is -2.38. The van der Waals surface area contributed by atoms with Crippen LogP contribution in [0.3, 0.4) is 0 Å². The van der Waals surface area contributed by atoms with Crippen LogP contribution in [0.15, 0.2) is 35.2 Å². The summed E-state index contributed by atoms with van der Waals surface area (Å²) in [6.45, 7) is 1.86. The second kappa shape index (κ2) is 8.68. The van der Waals surface area contributed by atoms with Crippen molar-refractivity contribution in [1.82, 2.24) is 17.8 Å². The highest BCUT2D eigenvalue weighted by Crippen LogP contribution is 2.24. The summed E-state index contributed by atoms with van der Waals surface area (Å²) in [4.78, 5) is 14.8. The van der Waals surface area contributed by atoms with E-state index in [2.05, 4.69) is 0 Å². The van der Waals surface area contributed by atoms with Crippen molar-refractivity contribution in [2.24, 2.45) is 5.92 Å². The number of piperazine rings is 1. The van der Waals surface area contributed by atoms with Crippen LogP contribution in [0.5, 0.6) is 0 Å². The van der Waals surface area contributed by atoms with Crippen LogP contribution in [0, 0.1) is 5.92 Å². The molecule has 0 saturated carbocycles. The first-order valence-electron chi connectivity index (χ1n) is 9.65. The lowest BCUT2D eigenvalue weighted by molar-refractivity contribution is -0.138. The number of sulfonamides is 1. The van der Waals surface area contributed by atoms with Gasteiger partial charge >= 0.3 is 0 Å². The monoisotopic (exact) mass is 444 g/mol. The van der Waals surface area contributed by atoms with Gasteiger partial charge in [-0.25, -0.2) is 8.42 Å². The Morgan fingerprint density at radius 2 is 1.41 bits per heavy atom. The van der Waals surface area contributed by atoms with Gasteiger partial charge < -0.3 is 4.90 Å². The summed E-state index contributed by atoms with van der Waals surface area (Å²) in [6, 6.07) is 8.29. The number of benzene rings is 1. The zero-order valence-electron chi connectivity index (χ0n) is 16.8. The van der Waals surface area contributed by atoms with Crippen LogP contribution in [0.4, 0.5) is 0 Å². The van der Waals surface area contributed by atoms with E-state index in [0.29, 0.717) is 39.0 Å². The lowest BCUT2D eigenvalue weighted by Crippen LogP contribution is -2.53. The number of amides is 1. The summed E-state index contributed by atoms with van der Waals surface area (Å²) in [6.07, 6.45) is 0.961. The minimum atomic E-state index is -3.55. The van der Waals surface area contributed by atoms with Gasteiger partial charge in [-0.05, 0) is 25.0 Å². The molecule has 3 rings (SSSR count). The topological polar surface area (TPSA) is 98.3 Å². The molecule has 2 saturated heterocycles. The van der Waals surface area contributed by atoms with Crippen molar-refractivity contribution in [3.63, 3.8) is 0 Å². The van der Waals surface area contributed by atoms with Gasteiger partial charge in [0, 0.05) is 59.3 Å². The fourth-order valence-corrected chi connectivity index (χ4v) is 6.29. The van der Waals surface area contributed by atoms with Gasteiger partial charge in [-0.15, -0.1) is 0 Å². The molecule has 2 aliphatic rings. The maximum absolute atomic E-state index is 12.8. The minimum Gasteiger partial charge on any atom is -0.340 e. The maximum atomic E-state index is 12.8. The zero-order chi connectivity index (χ0) is 21.2. The molecule has 0 aliphatic carbocycles. The third kappa shape index (κ3) is 4.64. The first-order valence-corrected chi connectivity index (χ1v) is 12.5. The van der Waals surface area contributed by atoms with Crippen LogP contribution in [0.2, 0.25) is 0 Å². The highest BCUT2D eigenvalue weighted by molar-refractivity contribution is 7.89. The quantitative estimate of drug-likeness (QED) is 0.639. The van der Waals surface area contributed by atoms with E-state index >= 15 is 0 Å². The summed E-state index contributed by atoms with van der Waals surface area (Å²) < 4.78 is 53.8. The van der Waals surface area contributed by atoms with Gasteiger partial charge in [-0.2, -0.15) is 21.3 Å². The molecule has 11 heteroatoms. The summed E-state index contributed by atoms with van der Waals surface area (Å²) in [5.41, 5.74) is 0. The Labute approximate surface area is 173 Å². The van der Waals surface area contributed by atoms with Gasteiger partial charge in [0.15, 0.2) is 0 Å². The number of carbonyl (C=O) groups is 1. The van der Waals surface area contributed by atoms with Crippen molar-refractivity contribution in [2.75, 3.05) is 53.4 Å². The van der Waals surface area contributed by atoms with Crippen molar-refractivity contribution in [2.45, 2.75) is 17.7 Å². The van der Waals surface area contributed by atoms with Crippen LogP contribution in [0.25, 0.3) is 0 Å². The first-order chi connectivity index (χ1) is 13.6. The fourth-order valence-electron chi connectivity index (χ4n) is 3.71. The van der Waals surface area contributed by atoms with E-state index < -0.39 is 20.2 Å². The summed E-state index contributed by atoms with van der Waals surface area (Å²) in [5, 5.41) is 0. The molecule has 0 atom stereocenters. The van der Waals surface area contributed by atoms with Gasteiger partial charge in [0.25, 0.3) is 10.2 Å². The van der Waals surface area contributed by atoms with E-state index in [0.717, 1.165) is 0 Å². The van der Waals surface area contributed by atoms with Crippen molar-refractivity contribution < 1.29 is 21.6 Å². The molecule has 0 bridgehead atoms. The van der Waals surface area contributed by atoms with Gasteiger partial charge in [0.05, 0.1) is 4.90 Å². The third-order valence-electron chi connectivity index (χ3n) is 5.52. The zero-order valence-corrected chi connectivity index (χ0v) is 18.4. The largest absolute Gasteiger partial charge is 0.340 e. The van der Waals surface area contributed by atoms with E-state index in [1.165, 1.54) is 27.0 Å². The van der Waals surface area contributed by atoms with Crippen LogP contribution in [-0.2, 0) is 25.0 Å². The lowest BCUT2D eigenvalue weighted by atomic mass is 9.96. The van der Waals surface area contributed by atoms with Crippen LogP contribution < -0.4 is 0 Å². The molecule has 2 aliphatic heterocycles. The second-order valence-corrected chi connectivity index (χ2v) is 11.6. The number of nitrogens with zero attached hydrogens (tertiary/aromatic N) is 4. The number of hydrogen-bond donors (Lipinski definition) is 0. The molecule has 1 aromatic rings. The number of rotatable bonds is 5. The molecule has 9 nitrogen and oxygen atoms in total. The molecule has 1 aromatic carbocycles. The molecule has 2 heterocycles. The SMILES string of the molecule is CN(C)S(=O)(=O)N1CCC(C(=O)N2CCN(S(=O)(=O)c3ccccc3)CC2)CC1. The molecule has 0 radical (unpaired) electrons. The molecule has 0 aromatic heterocycles. The highest BCUT2D eigenvalue weighted by atomic mass is 32.2. The maximum Gasteiger partial charge on any atom is 0.281 e. The minimum absolute atomic E-state index is 0.0105. The van der Waals surface area contributed by atoms with Gasteiger partial charge in [0.1, 0.15) is 0 Å². The van der Waals surface area contributed by atoms with E-state index in [-0.39, 0.29) is 29.8 Å². The van der Waals surface area contributed by atoms with Crippen LogP contribution in [0.1, 0.15) is 12.8 Å². The van der Waals surface area contributed by atoms with Crippen molar-refractivity contribution in [3.05, 3.63) is 30.3 Å². The van der Waals surface area contributed by atoms with Crippen molar-refractivity contribution in [3.8, 4) is 0 Å². The van der Waals surface area contributed by atoms with E-state index in [1.807, 2.05) is 0 Å². The number of hydrogen-bond acceptors (Lipinski definition) is 5. The molecule has 1 amide bonds. The molecule has 0 N–H and O–H groups in total. The standard InChI is InChI=1S/C18H28N4O5S2/c1-19(2)29(26,27)22-10-8-16(9-11-22)18(23)20-12-14-21(15-13-20)28(24,25)17-6-4-3-5-7-17/h3-7,16H,8-15H2,1-2H3. The van der Waals surface area contributed by atoms with E-state index in [9.17, 15) is 21.6 Å². The van der Waals surface area contributed by atoms with Crippen LogP contribution >= 0.6 is 0 Å². The smallest absolute Gasteiger partial charge is 0.281 e. The Bertz CT molecular complexity index is 918. The van der Waals surface area contributed by atoms with Gasteiger partial charge in [-0.3, -0.25) is 4.79 Å². The molecule has 162 valence electrons. The Morgan fingerprint density at radius 1 is 0.862 bits per heavy atom. The number of carbonyl (C=O) groups excluding carboxylic acids is 1. The van der Waals surface area contributed by atoms with Crippen molar-refractivity contribution in [1.29, 1.82) is 0 Å². The summed E-state index contributed by atoms with van der Waals surface area (Å²) >= 11 is 0. The highest BCUT2D eigenvalue weighted by Gasteiger charge is 2.36. The third-order valence-corrected chi connectivity index (χ3v) is 9.38. The van der Waals surface area contributed by atoms with E-state index in [4.69, 9.17) is 0 Å². The number of piperidine rings is 1. The molecule has 2 fully saturated rings. The fraction of sp³-hybridized carbons (Fsp3) is 0.611. The van der Waals surface area contributed by atoms with E-state index in [1.54, 1.807) is 35.2 Å². The average molecular weight is 445 g/mol. The predicted octanol–water partition coefficient (Wildman–Crippen LogP) is 0.0379. The Balaban J connectivity index is 1.55. The summed E-state index contributed by atoms with van der Waals surface area (Å²) in [5.74, 6) is -0.232. The Kier molecular flexibility index (Phi) is 6.64. The molecule has 0 spiro atoms.